The van der Waals surface area contributed by atoms with Crippen LogP contribution in [0.2, 0.25) is 0 Å². The molecule has 0 saturated heterocycles. The highest BCUT2D eigenvalue weighted by Crippen LogP contribution is 2.35. The number of fused-ring (bicyclic) bond motifs is 1. The Morgan fingerprint density at radius 2 is 2.12 bits per heavy atom. The van der Waals surface area contributed by atoms with Crippen molar-refractivity contribution < 1.29 is 0 Å². The van der Waals surface area contributed by atoms with Gasteiger partial charge in [-0.2, -0.15) is 0 Å². The number of rotatable bonds is 1. The number of hydrogen-bond acceptors (Lipinski definition) is 3. The molecule has 2 aromatic heterocycles. The van der Waals surface area contributed by atoms with Crippen LogP contribution in [0.5, 0.6) is 0 Å². The predicted octanol–water partition coefficient (Wildman–Crippen LogP) is 2.53. The second kappa shape index (κ2) is 4.17. The second-order valence-electron chi connectivity index (χ2n) is 4.51. The lowest BCUT2D eigenvalue weighted by atomic mass is 9.82. The van der Waals surface area contributed by atoms with Crippen LogP contribution >= 0.6 is 0 Å². The lowest BCUT2D eigenvalue weighted by molar-refractivity contribution is 0.598. The van der Waals surface area contributed by atoms with Gasteiger partial charge < -0.3 is 5.73 Å². The molecule has 1 aliphatic carbocycles. The van der Waals surface area contributed by atoms with Crippen molar-refractivity contribution in [3.05, 3.63) is 53.5 Å². The normalized spacial score (nSPS) is 18.7. The zero-order chi connectivity index (χ0) is 11.7. The topological polar surface area (TPSA) is 51.8 Å². The van der Waals surface area contributed by atoms with Crippen LogP contribution in [-0.4, -0.2) is 9.97 Å². The first-order chi connectivity index (χ1) is 8.34. The van der Waals surface area contributed by atoms with Crippen molar-refractivity contribution in [2.24, 2.45) is 0 Å². The molecule has 3 rings (SSSR count). The van der Waals surface area contributed by atoms with E-state index in [0.29, 0.717) is 11.7 Å². The number of hydrogen-bond donors (Lipinski definition) is 1. The van der Waals surface area contributed by atoms with Crippen molar-refractivity contribution in [3.8, 4) is 0 Å². The first-order valence-electron chi connectivity index (χ1n) is 6.00. The Bertz CT molecular complexity index is 536. The number of nitrogen functional groups attached to an aromatic ring is 1. The summed E-state index contributed by atoms with van der Waals surface area (Å²) >= 11 is 0. The average Bonchev–Trinajstić information content (AvgIpc) is 2.38. The van der Waals surface area contributed by atoms with E-state index in [1.54, 1.807) is 6.20 Å². The molecule has 2 N–H and O–H groups in total. The van der Waals surface area contributed by atoms with Gasteiger partial charge in [-0.05, 0) is 48.6 Å². The van der Waals surface area contributed by atoms with E-state index in [1.165, 1.54) is 23.2 Å². The molecule has 1 atom stereocenters. The molecular weight excluding hydrogens is 210 g/mol. The zero-order valence-electron chi connectivity index (χ0n) is 9.63. The molecular formula is C14H15N3. The molecule has 0 fully saturated rings. The molecule has 0 radical (unpaired) electrons. The molecule has 1 unspecified atom stereocenters. The van der Waals surface area contributed by atoms with Crippen LogP contribution in [-0.2, 0) is 6.42 Å². The minimum Gasteiger partial charge on any atom is -0.384 e. The maximum atomic E-state index is 5.75. The molecule has 0 aromatic carbocycles. The first kappa shape index (κ1) is 10.3. The predicted molar refractivity (Wildman–Crippen MR) is 67.7 cm³/mol. The van der Waals surface area contributed by atoms with Crippen LogP contribution in [0, 0.1) is 0 Å². The minimum atomic E-state index is 0.380. The van der Waals surface area contributed by atoms with Gasteiger partial charge in [0, 0.05) is 18.3 Å². The molecule has 3 heteroatoms. The van der Waals surface area contributed by atoms with E-state index in [0.717, 1.165) is 12.8 Å². The molecule has 3 nitrogen and oxygen atoms in total. The van der Waals surface area contributed by atoms with Gasteiger partial charge in [0.15, 0.2) is 0 Å². The van der Waals surface area contributed by atoms with Gasteiger partial charge in [0.1, 0.15) is 5.82 Å². The fourth-order valence-electron chi connectivity index (χ4n) is 2.62. The van der Waals surface area contributed by atoms with Crippen LogP contribution in [0.15, 0.2) is 36.7 Å². The average molecular weight is 225 g/mol. The lowest BCUT2D eigenvalue weighted by Gasteiger charge is -2.24. The third kappa shape index (κ3) is 1.88. The van der Waals surface area contributed by atoms with E-state index in [-0.39, 0.29) is 0 Å². The van der Waals surface area contributed by atoms with E-state index >= 15 is 0 Å². The molecule has 0 aliphatic heterocycles. The van der Waals surface area contributed by atoms with Crippen LogP contribution in [0.3, 0.4) is 0 Å². The minimum absolute atomic E-state index is 0.380. The van der Waals surface area contributed by atoms with Crippen LogP contribution in [0.1, 0.15) is 35.6 Å². The monoisotopic (exact) mass is 225 g/mol. The molecule has 1 aliphatic rings. The standard InChI is InChI=1S/C14H15N3/c15-13-9-11(6-8-16-13)12-5-1-3-10-4-2-7-17-14(10)12/h2,4,6-9,12H,1,3,5H2,(H2,15,16). The Morgan fingerprint density at radius 3 is 3.00 bits per heavy atom. The van der Waals surface area contributed by atoms with Crippen LogP contribution < -0.4 is 5.73 Å². The van der Waals surface area contributed by atoms with Gasteiger partial charge in [-0.25, -0.2) is 4.98 Å². The summed E-state index contributed by atoms with van der Waals surface area (Å²) in [6.07, 6.45) is 7.16. The summed E-state index contributed by atoms with van der Waals surface area (Å²) in [5.74, 6) is 0.968. The summed E-state index contributed by atoms with van der Waals surface area (Å²) in [5, 5.41) is 0. The molecule has 0 bridgehead atoms. The number of anilines is 1. The smallest absolute Gasteiger partial charge is 0.123 e. The molecule has 0 amide bonds. The van der Waals surface area contributed by atoms with Crippen molar-refractivity contribution in [2.45, 2.75) is 25.2 Å². The highest BCUT2D eigenvalue weighted by molar-refractivity contribution is 5.40. The lowest BCUT2D eigenvalue weighted by Crippen LogP contribution is -2.13. The van der Waals surface area contributed by atoms with Gasteiger partial charge in [0.05, 0.1) is 5.69 Å². The van der Waals surface area contributed by atoms with E-state index in [9.17, 15) is 0 Å². The SMILES string of the molecule is Nc1cc(C2CCCc3cccnc32)ccn1. The number of nitrogens with two attached hydrogens (primary N) is 1. The van der Waals surface area contributed by atoms with Crippen molar-refractivity contribution in [1.29, 1.82) is 0 Å². The summed E-state index contributed by atoms with van der Waals surface area (Å²) in [6, 6.07) is 8.21. The number of aryl methyl sites for hydroxylation is 1. The Kier molecular flexibility index (Phi) is 2.52. The Hall–Kier alpha value is -1.90. The summed E-state index contributed by atoms with van der Waals surface area (Å²) in [5.41, 5.74) is 9.57. The molecule has 2 aromatic rings. The Labute approximate surface area is 101 Å². The van der Waals surface area contributed by atoms with Gasteiger partial charge in [-0.3, -0.25) is 4.98 Å². The maximum absolute atomic E-state index is 5.75. The largest absolute Gasteiger partial charge is 0.384 e. The molecule has 0 saturated carbocycles. The molecule has 17 heavy (non-hydrogen) atoms. The van der Waals surface area contributed by atoms with Crippen molar-refractivity contribution in [2.75, 3.05) is 5.73 Å². The molecule has 0 spiro atoms. The number of pyridine rings is 2. The van der Waals surface area contributed by atoms with E-state index in [4.69, 9.17) is 5.73 Å². The third-order valence-corrected chi connectivity index (χ3v) is 3.40. The number of aromatic nitrogens is 2. The van der Waals surface area contributed by atoms with E-state index in [1.807, 2.05) is 24.4 Å². The van der Waals surface area contributed by atoms with E-state index in [2.05, 4.69) is 16.0 Å². The summed E-state index contributed by atoms with van der Waals surface area (Å²) in [7, 11) is 0. The second-order valence-corrected chi connectivity index (χ2v) is 4.51. The molecule has 86 valence electrons. The highest BCUT2D eigenvalue weighted by Gasteiger charge is 2.22. The Balaban J connectivity index is 2.06. The van der Waals surface area contributed by atoms with Gasteiger partial charge in [-0.15, -0.1) is 0 Å². The molecule has 2 heterocycles. The summed E-state index contributed by atoms with van der Waals surface area (Å²) in [4.78, 5) is 8.59. The first-order valence-corrected chi connectivity index (χ1v) is 6.00. The van der Waals surface area contributed by atoms with Gasteiger partial charge >= 0.3 is 0 Å². The van der Waals surface area contributed by atoms with Crippen LogP contribution in [0.25, 0.3) is 0 Å². The van der Waals surface area contributed by atoms with Crippen LogP contribution in [0.4, 0.5) is 5.82 Å². The van der Waals surface area contributed by atoms with Gasteiger partial charge in [0.2, 0.25) is 0 Å². The highest BCUT2D eigenvalue weighted by atomic mass is 14.8. The van der Waals surface area contributed by atoms with Crippen molar-refractivity contribution in [1.82, 2.24) is 9.97 Å². The number of nitrogens with zero attached hydrogens (tertiary/aromatic N) is 2. The maximum Gasteiger partial charge on any atom is 0.123 e. The van der Waals surface area contributed by atoms with Crippen molar-refractivity contribution >= 4 is 5.82 Å². The van der Waals surface area contributed by atoms with Crippen molar-refractivity contribution in [3.63, 3.8) is 0 Å². The Morgan fingerprint density at radius 1 is 1.18 bits per heavy atom. The summed E-state index contributed by atoms with van der Waals surface area (Å²) in [6.45, 7) is 0. The van der Waals surface area contributed by atoms with E-state index < -0.39 is 0 Å². The fraction of sp³-hybridized carbons (Fsp3) is 0.286. The zero-order valence-corrected chi connectivity index (χ0v) is 9.63. The van der Waals surface area contributed by atoms with Gasteiger partial charge in [0.25, 0.3) is 0 Å². The fourth-order valence-corrected chi connectivity index (χ4v) is 2.62. The van der Waals surface area contributed by atoms with Gasteiger partial charge in [-0.1, -0.05) is 6.07 Å². The summed E-state index contributed by atoms with van der Waals surface area (Å²) < 4.78 is 0. The quantitative estimate of drug-likeness (QED) is 0.811. The third-order valence-electron chi connectivity index (χ3n) is 3.40.